The molecule has 0 bridgehead atoms. The van der Waals surface area contributed by atoms with Crippen LogP contribution in [0.1, 0.15) is 134 Å². The van der Waals surface area contributed by atoms with Crippen LogP contribution >= 0.6 is 0 Å². The molecule has 2 N–H and O–H groups in total. The van der Waals surface area contributed by atoms with E-state index in [1.807, 2.05) is 83.8 Å². The highest BCUT2D eigenvalue weighted by Crippen LogP contribution is 2.57. The number of ether oxygens (including phenoxy) is 7. The number of piperidine rings is 1. The molecule has 6 aromatic rings. The number of nitrogens with one attached hydrogen (secondary N) is 1. The third-order valence-corrected chi connectivity index (χ3v) is 15.3. The number of nitrogens with zero attached hydrogens (tertiary/aromatic N) is 1. The average Bonchev–Trinajstić information content (AvgIpc) is 3.25. The summed E-state index contributed by atoms with van der Waals surface area (Å²) in [5.41, 5.74) is -0.315. The summed E-state index contributed by atoms with van der Waals surface area (Å²) in [7, 11) is 3.27. The summed E-state index contributed by atoms with van der Waals surface area (Å²) in [6, 6.07) is 40.2. The summed E-state index contributed by atoms with van der Waals surface area (Å²) in [5, 5.41) is 14.0. The van der Waals surface area contributed by atoms with E-state index in [1.165, 1.54) is 0 Å². The Morgan fingerprint density at radius 3 is 1.66 bits per heavy atom. The number of carbonyl (C=O) groups is 5. The van der Waals surface area contributed by atoms with Crippen molar-refractivity contribution in [2.24, 2.45) is 16.2 Å². The number of carbonyl (C=O) groups excluding carboxylic acids is 5. The van der Waals surface area contributed by atoms with E-state index >= 15 is 0 Å². The van der Waals surface area contributed by atoms with E-state index in [9.17, 15) is 29.1 Å². The molecule has 0 aliphatic carbocycles. The van der Waals surface area contributed by atoms with Crippen molar-refractivity contribution in [1.29, 1.82) is 0 Å². The topological polar surface area (TPSA) is 185 Å². The fourth-order valence-electron chi connectivity index (χ4n) is 10.4. The Morgan fingerprint density at radius 2 is 1.15 bits per heavy atom. The molecule has 1 saturated heterocycles. The number of amides is 2. The maximum atomic E-state index is 13.9. The SMILES string of the molecule is COc1ccc(C(OCC2(CO)CCN(C(=O)CCCCCNC(=O)c3ccc4c(c3)C3(OC4=O)c4ccc(OC(=O)C(C)(C)C)cc4Oc4cc(OC(=O)C(C)(C)C)ccc43)CC2)(c2ccccc2)c2ccc(OC)cc2)cc1. The second kappa shape index (κ2) is 23.0. The maximum absolute atomic E-state index is 13.9. The largest absolute Gasteiger partial charge is 0.497 e. The predicted octanol–water partition coefficient (Wildman–Crippen LogP) is 11.1. The number of methoxy groups -OCH3 is 2. The van der Waals surface area contributed by atoms with Crippen LogP contribution in [-0.4, -0.2) is 86.8 Å². The van der Waals surface area contributed by atoms with Crippen molar-refractivity contribution < 1.29 is 62.2 Å². The minimum absolute atomic E-state index is 0.0426. The Bertz CT molecular complexity index is 3130. The van der Waals surface area contributed by atoms with Crippen molar-refractivity contribution in [2.75, 3.05) is 47.1 Å². The van der Waals surface area contributed by atoms with Gasteiger partial charge in [-0.25, -0.2) is 4.79 Å². The van der Waals surface area contributed by atoms with Crippen LogP contribution in [0.5, 0.6) is 34.5 Å². The molecule has 0 radical (unpaired) electrons. The molecule has 3 aliphatic heterocycles. The molecule has 0 aromatic heterocycles. The molecule has 2 amide bonds. The molecular weight excluding hydrogens is 1020 g/mol. The van der Waals surface area contributed by atoms with Gasteiger partial charge in [0.25, 0.3) is 5.91 Å². The Hall–Kier alpha value is -8.01. The molecule has 3 aliphatic rings. The van der Waals surface area contributed by atoms with Crippen LogP contribution in [0, 0.1) is 16.2 Å². The molecule has 0 unspecified atom stereocenters. The summed E-state index contributed by atoms with van der Waals surface area (Å²) in [5.74, 6) is 0.433. The number of aliphatic hydroxyl groups is 1. The zero-order chi connectivity index (χ0) is 57.0. The maximum Gasteiger partial charge on any atom is 0.340 e. The lowest BCUT2D eigenvalue weighted by Gasteiger charge is -2.44. The highest BCUT2D eigenvalue weighted by Gasteiger charge is 2.54. The third-order valence-electron chi connectivity index (χ3n) is 15.3. The Kier molecular flexibility index (Phi) is 16.3. The van der Waals surface area contributed by atoms with Crippen LogP contribution in [0.4, 0.5) is 0 Å². The van der Waals surface area contributed by atoms with Crippen molar-refractivity contribution in [3.8, 4) is 34.5 Å². The molecule has 80 heavy (non-hydrogen) atoms. The van der Waals surface area contributed by atoms with Gasteiger partial charge in [0.15, 0.2) is 5.60 Å². The predicted molar refractivity (Wildman–Crippen MR) is 299 cm³/mol. The molecule has 0 saturated carbocycles. The fourth-order valence-corrected chi connectivity index (χ4v) is 10.4. The van der Waals surface area contributed by atoms with Gasteiger partial charge in [-0.05, 0) is 151 Å². The summed E-state index contributed by atoms with van der Waals surface area (Å²) in [6.45, 7) is 11.9. The van der Waals surface area contributed by atoms with E-state index in [1.54, 1.807) is 110 Å². The standard InChI is InChI=1S/C65H70N2O13/c1-61(2,3)59(72)77-48-27-30-51-54(38-48)79-55-39-49(78-60(73)62(4,5)6)28-31-52(55)65(51)53-37-42(18-29-50(53)58(71)80-65)57(70)66-34-14-10-13-17-56(69)67-35-32-63(40-68,33-36-67)41-76-64(43-15-11-9-12-16-43,44-19-23-46(74-7)24-20-44)45-21-25-47(75-8)26-22-45/h9,11-12,15-16,18-31,37-39,68H,10,13-14,17,32-36,40-41H2,1-8H3,(H,66,70). The molecule has 15 nitrogen and oxygen atoms in total. The minimum atomic E-state index is -1.59. The van der Waals surface area contributed by atoms with Crippen molar-refractivity contribution >= 4 is 29.7 Å². The average molecular weight is 1090 g/mol. The van der Waals surface area contributed by atoms with Crippen LogP contribution in [0.2, 0.25) is 0 Å². The fraction of sp³-hybridized carbons (Fsp3) is 0.369. The zero-order valence-corrected chi connectivity index (χ0v) is 46.8. The zero-order valence-electron chi connectivity index (χ0n) is 46.8. The Balaban J connectivity index is 0.833. The van der Waals surface area contributed by atoms with Gasteiger partial charge in [0, 0.05) is 65.9 Å². The number of aliphatic hydroxyl groups excluding tert-OH is 1. The van der Waals surface area contributed by atoms with Crippen molar-refractivity contribution in [3.63, 3.8) is 0 Å². The van der Waals surface area contributed by atoms with Crippen LogP contribution in [-0.2, 0) is 35.1 Å². The Labute approximate surface area is 467 Å². The summed E-state index contributed by atoms with van der Waals surface area (Å²) >= 11 is 0. The van der Waals surface area contributed by atoms with Crippen molar-refractivity contribution in [1.82, 2.24) is 10.2 Å². The van der Waals surface area contributed by atoms with Crippen LogP contribution in [0.15, 0.2) is 133 Å². The van der Waals surface area contributed by atoms with Gasteiger partial charge in [0.05, 0.1) is 43.8 Å². The van der Waals surface area contributed by atoms with Crippen LogP contribution < -0.4 is 29.0 Å². The van der Waals surface area contributed by atoms with E-state index in [0.717, 1.165) is 16.7 Å². The molecule has 3 heterocycles. The summed E-state index contributed by atoms with van der Waals surface area (Å²) in [4.78, 5) is 69.1. The van der Waals surface area contributed by atoms with E-state index in [4.69, 9.17) is 33.2 Å². The first-order chi connectivity index (χ1) is 38.2. The van der Waals surface area contributed by atoms with Gasteiger partial charge in [-0.15, -0.1) is 0 Å². The minimum Gasteiger partial charge on any atom is -0.497 e. The van der Waals surface area contributed by atoms with Gasteiger partial charge in [0.1, 0.15) is 40.1 Å². The number of benzene rings is 6. The second-order valence-corrected chi connectivity index (χ2v) is 22.9. The van der Waals surface area contributed by atoms with Crippen LogP contribution in [0.3, 0.4) is 0 Å². The third kappa shape index (κ3) is 11.4. The number of hydrogen-bond donors (Lipinski definition) is 2. The van der Waals surface area contributed by atoms with Gasteiger partial charge in [-0.3, -0.25) is 19.2 Å². The normalized spacial score (nSPS) is 15.1. The summed E-state index contributed by atoms with van der Waals surface area (Å²) < 4.78 is 42.5. The van der Waals surface area contributed by atoms with Crippen molar-refractivity contribution in [2.45, 2.75) is 91.3 Å². The molecular formula is C65H70N2O13. The van der Waals surface area contributed by atoms with E-state index in [2.05, 4.69) is 5.32 Å². The number of rotatable bonds is 18. The van der Waals surface area contributed by atoms with Gasteiger partial charge in [-0.2, -0.15) is 0 Å². The highest BCUT2D eigenvalue weighted by atomic mass is 16.6. The highest BCUT2D eigenvalue weighted by molar-refractivity contribution is 6.00. The van der Waals surface area contributed by atoms with Gasteiger partial charge >= 0.3 is 17.9 Å². The molecule has 6 aromatic carbocycles. The van der Waals surface area contributed by atoms with Gasteiger partial charge in [0.2, 0.25) is 5.91 Å². The summed E-state index contributed by atoms with van der Waals surface area (Å²) in [6.07, 6.45) is 3.39. The second-order valence-electron chi connectivity index (χ2n) is 22.9. The first kappa shape index (κ1) is 56.7. The number of fused-ring (bicyclic) bond motifs is 6. The molecule has 0 atom stereocenters. The van der Waals surface area contributed by atoms with Crippen LogP contribution in [0.25, 0.3) is 0 Å². The smallest absolute Gasteiger partial charge is 0.340 e. The lowest BCUT2D eigenvalue weighted by Crippen LogP contribution is -2.48. The quantitative estimate of drug-likeness (QED) is 0.0359. The first-order valence-electron chi connectivity index (χ1n) is 27.2. The number of hydrogen-bond acceptors (Lipinski definition) is 13. The lowest BCUT2D eigenvalue weighted by atomic mass is 9.77. The molecule has 418 valence electrons. The van der Waals surface area contributed by atoms with E-state index in [0.29, 0.717) is 91.9 Å². The molecule has 1 fully saturated rings. The lowest BCUT2D eigenvalue weighted by molar-refractivity contribution is -0.143. The first-order valence-corrected chi connectivity index (χ1v) is 27.2. The van der Waals surface area contributed by atoms with E-state index < -0.39 is 45.4 Å². The monoisotopic (exact) mass is 1090 g/mol. The van der Waals surface area contributed by atoms with Crippen molar-refractivity contribution in [3.05, 3.63) is 178 Å². The number of likely N-dealkylation sites (tertiary alicyclic amines) is 1. The number of unbranched alkanes of at least 4 members (excludes halogenated alkanes) is 2. The number of esters is 3. The molecule has 15 heteroatoms. The molecule has 1 spiro atoms. The van der Waals surface area contributed by atoms with Gasteiger partial charge in [-0.1, -0.05) is 61.0 Å². The molecule has 9 rings (SSSR count). The van der Waals surface area contributed by atoms with E-state index in [-0.39, 0.29) is 53.6 Å². The Morgan fingerprint density at radius 1 is 0.625 bits per heavy atom. The van der Waals surface area contributed by atoms with Gasteiger partial charge < -0.3 is 48.5 Å².